The number of amides is 1. The third-order valence-electron chi connectivity index (χ3n) is 6.15. The van der Waals surface area contributed by atoms with Gasteiger partial charge in [0.1, 0.15) is 5.75 Å². The number of likely N-dealkylation sites (tertiary alicyclic amines) is 2. The van der Waals surface area contributed by atoms with Crippen LogP contribution < -0.4 is 4.74 Å². The summed E-state index contributed by atoms with van der Waals surface area (Å²) in [6.45, 7) is 3.14. The van der Waals surface area contributed by atoms with Crippen LogP contribution in [0.5, 0.6) is 5.75 Å². The SMILES string of the molecule is COC(=O)Oc1ccc(-c2cc(Cl)c(CN3CCC(N4CCCCC4)C3=O)c(Cl)c2)cc1. The van der Waals surface area contributed by atoms with Crippen molar-refractivity contribution in [1.29, 1.82) is 0 Å². The molecule has 2 fully saturated rings. The number of hydrogen-bond acceptors (Lipinski definition) is 5. The Bertz CT molecular complexity index is 967. The van der Waals surface area contributed by atoms with Gasteiger partial charge >= 0.3 is 6.16 Å². The Hall–Kier alpha value is -2.28. The van der Waals surface area contributed by atoms with Crippen LogP contribution in [0.1, 0.15) is 31.2 Å². The third kappa shape index (κ3) is 5.03. The standard InChI is InChI=1S/C24H26Cl2N2O4/c1-31-24(30)32-18-7-5-16(6-8-18)17-13-20(25)19(21(26)14-17)15-28-12-9-22(23(28)29)27-10-3-2-4-11-27/h5-8,13-14,22H,2-4,9-12,15H2,1H3. The molecule has 0 N–H and O–H groups in total. The molecule has 1 amide bonds. The number of rotatable bonds is 5. The number of benzene rings is 2. The summed E-state index contributed by atoms with van der Waals surface area (Å²) < 4.78 is 9.49. The summed E-state index contributed by atoms with van der Waals surface area (Å²) in [6, 6.07) is 10.7. The molecule has 2 aromatic rings. The van der Waals surface area contributed by atoms with E-state index >= 15 is 0 Å². The van der Waals surface area contributed by atoms with Crippen molar-refractivity contribution in [2.45, 2.75) is 38.3 Å². The minimum atomic E-state index is -0.771. The highest BCUT2D eigenvalue weighted by Gasteiger charge is 2.36. The van der Waals surface area contributed by atoms with Gasteiger partial charge in [-0.2, -0.15) is 0 Å². The summed E-state index contributed by atoms with van der Waals surface area (Å²) in [4.78, 5) is 28.4. The number of nitrogens with zero attached hydrogens (tertiary/aromatic N) is 2. The second-order valence-electron chi connectivity index (χ2n) is 8.16. The van der Waals surface area contributed by atoms with Gasteiger partial charge in [-0.15, -0.1) is 0 Å². The van der Waals surface area contributed by atoms with Crippen LogP contribution >= 0.6 is 23.2 Å². The highest BCUT2D eigenvalue weighted by Crippen LogP contribution is 2.34. The Morgan fingerprint density at radius 1 is 1.00 bits per heavy atom. The van der Waals surface area contributed by atoms with Crippen molar-refractivity contribution in [3.05, 3.63) is 52.0 Å². The summed E-state index contributed by atoms with van der Waals surface area (Å²) in [6.07, 6.45) is 3.66. The molecule has 6 nitrogen and oxygen atoms in total. The molecule has 0 bridgehead atoms. The number of piperidine rings is 1. The largest absolute Gasteiger partial charge is 0.513 e. The van der Waals surface area contributed by atoms with Gasteiger partial charge in [0.25, 0.3) is 0 Å². The zero-order valence-electron chi connectivity index (χ0n) is 18.0. The molecule has 32 heavy (non-hydrogen) atoms. The van der Waals surface area contributed by atoms with Crippen molar-refractivity contribution < 1.29 is 19.1 Å². The number of ether oxygens (including phenoxy) is 2. The van der Waals surface area contributed by atoms with Crippen LogP contribution in [0.15, 0.2) is 36.4 Å². The second kappa shape index (κ2) is 10.1. The average Bonchev–Trinajstić information content (AvgIpc) is 3.17. The Morgan fingerprint density at radius 3 is 2.28 bits per heavy atom. The van der Waals surface area contributed by atoms with Crippen LogP contribution in [0, 0.1) is 0 Å². The van der Waals surface area contributed by atoms with E-state index in [1.54, 1.807) is 12.1 Å². The smallest absolute Gasteiger partial charge is 0.437 e. The number of hydrogen-bond donors (Lipinski definition) is 0. The fraction of sp³-hybridized carbons (Fsp3) is 0.417. The van der Waals surface area contributed by atoms with Gasteiger partial charge in [-0.1, -0.05) is 41.8 Å². The quantitative estimate of drug-likeness (QED) is 0.427. The van der Waals surface area contributed by atoms with Crippen LogP contribution in [0.4, 0.5) is 4.79 Å². The van der Waals surface area contributed by atoms with E-state index in [0.717, 1.165) is 42.7 Å². The molecule has 2 aliphatic heterocycles. The van der Waals surface area contributed by atoms with E-state index in [1.807, 2.05) is 29.2 Å². The molecule has 2 aromatic carbocycles. The van der Waals surface area contributed by atoms with Crippen LogP contribution in [0.3, 0.4) is 0 Å². The molecule has 4 rings (SSSR count). The van der Waals surface area contributed by atoms with E-state index in [-0.39, 0.29) is 11.9 Å². The van der Waals surface area contributed by atoms with Crippen LogP contribution in [0.2, 0.25) is 10.0 Å². The lowest BCUT2D eigenvalue weighted by Gasteiger charge is -2.31. The van der Waals surface area contributed by atoms with Crippen LogP contribution in [-0.4, -0.2) is 54.6 Å². The predicted octanol–water partition coefficient (Wildman–Crippen LogP) is 5.39. The fourth-order valence-corrected chi connectivity index (χ4v) is 5.02. The summed E-state index contributed by atoms with van der Waals surface area (Å²) in [5.41, 5.74) is 2.47. The summed E-state index contributed by atoms with van der Waals surface area (Å²) in [7, 11) is 1.26. The van der Waals surface area contributed by atoms with Crippen LogP contribution in [0.25, 0.3) is 11.1 Å². The second-order valence-corrected chi connectivity index (χ2v) is 8.97. The van der Waals surface area contributed by atoms with E-state index in [9.17, 15) is 9.59 Å². The molecule has 0 spiro atoms. The maximum Gasteiger partial charge on any atom is 0.513 e. The maximum absolute atomic E-state index is 13.0. The molecule has 0 radical (unpaired) electrons. The molecule has 2 heterocycles. The Morgan fingerprint density at radius 2 is 1.66 bits per heavy atom. The zero-order chi connectivity index (χ0) is 22.7. The van der Waals surface area contributed by atoms with E-state index in [1.165, 1.54) is 26.4 Å². The number of methoxy groups -OCH3 is 1. The van der Waals surface area contributed by atoms with E-state index in [4.69, 9.17) is 27.9 Å². The van der Waals surface area contributed by atoms with Crippen molar-refractivity contribution >= 4 is 35.3 Å². The lowest BCUT2D eigenvalue weighted by atomic mass is 10.0. The Labute approximate surface area is 198 Å². The maximum atomic E-state index is 13.0. The molecule has 0 saturated carbocycles. The molecule has 1 unspecified atom stereocenters. The molecular formula is C24H26Cl2N2O4. The van der Waals surface area contributed by atoms with Gasteiger partial charge < -0.3 is 14.4 Å². The predicted molar refractivity (Wildman–Crippen MR) is 124 cm³/mol. The third-order valence-corrected chi connectivity index (χ3v) is 6.82. The first-order valence-electron chi connectivity index (χ1n) is 10.8. The van der Waals surface area contributed by atoms with E-state index in [2.05, 4.69) is 9.64 Å². The highest BCUT2D eigenvalue weighted by atomic mass is 35.5. The zero-order valence-corrected chi connectivity index (χ0v) is 19.5. The first kappa shape index (κ1) is 22.9. The number of halogens is 2. The molecular weight excluding hydrogens is 451 g/mol. The Kier molecular flexibility index (Phi) is 7.23. The van der Waals surface area contributed by atoms with Gasteiger partial charge in [-0.25, -0.2) is 4.79 Å². The summed E-state index contributed by atoms with van der Waals surface area (Å²) in [5.74, 6) is 0.550. The van der Waals surface area contributed by atoms with Crippen molar-refractivity contribution in [1.82, 2.24) is 9.80 Å². The van der Waals surface area contributed by atoms with Gasteiger partial charge in [0.05, 0.1) is 13.2 Å². The summed E-state index contributed by atoms with van der Waals surface area (Å²) in [5, 5.41) is 1.05. The van der Waals surface area contributed by atoms with Crippen molar-refractivity contribution in [3.8, 4) is 16.9 Å². The van der Waals surface area contributed by atoms with Gasteiger partial charge in [0, 0.05) is 28.7 Å². The summed E-state index contributed by atoms with van der Waals surface area (Å²) >= 11 is 13.2. The van der Waals surface area contributed by atoms with Crippen molar-refractivity contribution in [2.24, 2.45) is 0 Å². The first-order valence-corrected chi connectivity index (χ1v) is 11.6. The van der Waals surface area contributed by atoms with Crippen molar-refractivity contribution in [3.63, 3.8) is 0 Å². The molecule has 2 aliphatic rings. The van der Waals surface area contributed by atoms with Gasteiger partial charge in [-0.05, 0) is 67.7 Å². The first-order chi connectivity index (χ1) is 15.5. The minimum Gasteiger partial charge on any atom is -0.437 e. The van der Waals surface area contributed by atoms with Gasteiger partial charge in [0.2, 0.25) is 5.91 Å². The molecule has 0 aliphatic carbocycles. The molecule has 0 aromatic heterocycles. The molecule has 1 atom stereocenters. The molecule has 170 valence electrons. The fourth-order valence-electron chi connectivity index (χ4n) is 4.41. The average molecular weight is 477 g/mol. The van der Waals surface area contributed by atoms with Crippen molar-refractivity contribution in [2.75, 3.05) is 26.7 Å². The normalized spacial score (nSPS) is 19.3. The van der Waals surface area contributed by atoms with E-state index < -0.39 is 6.16 Å². The van der Waals surface area contributed by atoms with E-state index in [0.29, 0.717) is 22.3 Å². The van der Waals surface area contributed by atoms with Gasteiger partial charge in [0.15, 0.2) is 0 Å². The van der Waals surface area contributed by atoms with Crippen LogP contribution in [-0.2, 0) is 16.1 Å². The topological polar surface area (TPSA) is 59.1 Å². The minimum absolute atomic E-state index is 0.0159. The van der Waals surface area contributed by atoms with Gasteiger partial charge in [-0.3, -0.25) is 9.69 Å². The highest BCUT2D eigenvalue weighted by molar-refractivity contribution is 6.36. The monoisotopic (exact) mass is 476 g/mol. The lowest BCUT2D eigenvalue weighted by Crippen LogP contribution is -2.44. The molecule has 8 heteroatoms. The number of carbonyl (C=O) groups excluding carboxylic acids is 2. The Balaban J connectivity index is 1.46. The number of carbonyl (C=O) groups is 2. The molecule has 2 saturated heterocycles. The lowest BCUT2D eigenvalue weighted by molar-refractivity contribution is -0.132.